The maximum absolute atomic E-state index is 12.0. The van der Waals surface area contributed by atoms with E-state index in [1.165, 1.54) is 18.4 Å². The highest BCUT2D eigenvalue weighted by Crippen LogP contribution is 2.34. The maximum Gasteiger partial charge on any atom is 0.161 e. The van der Waals surface area contributed by atoms with E-state index in [-0.39, 0.29) is 5.78 Å². The molecule has 4 heteroatoms. The lowest BCUT2D eigenvalue weighted by molar-refractivity contribution is 0.101. The lowest BCUT2D eigenvalue weighted by Gasteiger charge is -2.34. The van der Waals surface area contributed by atoms with Crippen molar-refractivity contribution in [2.75, 3.05) is 26.7 Å². The Labute approximate surface area is 179 Å². The number of rotatable bonds is 7. The standard InChI is InChI=1S/C26H32N2O2/c1-19(17-28-18-24(20(2)29)23-9-4-6-10-25(23)28)16-27-14-12-21(13-15-27)22-8-5-7-11-26(22)30-3/h4-11,18-19,21H,12-17H2,1-3H3. The lowest BCUT2D eigenvalue weighted by atomic mass is 9.88. The minimum atomic E-state index is 0.135. The van der Waals surface area contributed by atoms with Crippen molar-refractivity contribution >= 4 is 16.7 Å². The van der Waals surface area contributed by atoms with Gasteiger partial charge in [-0.25, -0.2) is 0 Å². The van der Waals surface area contributed by atoms with Crippen LogP contribution in [0.2, 0.25) is 0 Å². The van der Waals surface area contributed by atoms with E-state index in [1.807, 2.05) is 18.3 Å². The van der Waals surface area contributed by atoms with Crippen LogP contribution >= 0.6 is 0 Å². The van der Waals surface area contributed by atoms with Crippen molar-refractivity contribution in [3.05, 3.63) is 65.9 Å². The van der Waals surface area contributed by atoms with Gasteiger partial charge >= 0.3 is 0 Å². The average molecular weight is 405 g/mol. The largest absolute Gasteiger partial charge is 0.496 e. The third-order valence-electron chi connectivity index (χ3n) is 6.41. The molecule has 2 heterocycles. The normalized spacial score (nSPS) is 16.6. The molecule has 1 atom stereocenters. The number of hydrogen-bond donors (Lipinski definition) is 0. The number of benzene rings is 2. The topological polar surface area (TPSA) is 34.5 Å². The number of nitrogens with zero attached hydrogens (tertiary/aromatic N) is 2. The molecule has 0 bridgehead atoms. The second-order valence-corrected chi connectivity index (χ2v) is 8.69. The number of piperidine rings is 1. The molecule has 1 aromatic heterocycles. The molecule has 0 amide bonds. The first-order valence-corrected chi connectivity index (χ1v) is 11.0. The van der Waals surface area contributed by atoms with Crippen molar-refractivity contribution in [2.45, 2.75) is 39.2 Å². The number of para-hydroxylation sites is 2. The Balaban J connectivity index is 1.37. The fourth-order valence-electron chi connectivity index (χ4n) is 4.94. The highest BCUT2D eigenvalue weighted by atomic mass is 16.5. The Hall–Kier alpha value is -2.59. The van der Waals surface area contributed by atoms with Gasteiger partial charge in [-0.3, -0.25) is 4.79 Å². The zero-order valence-corrected chi connectivity index (χ0v) is 18.3. The summed E-state index contributed by atoms with van der Waals surface area (Å²) < 4.78 is 7.83. The van der Waals surface area contributed by atoms with Crippen LogP contribution in [0.1, 0.15) is 48.5 Å². The van der Waals surface area contributed by atoms with Crippen LogP contribution in [0.3, 0.4) is 0 Å². The van der Waals surface area contributed by atoms with E-state index in [0.717, 1.165) is 48.4 Å². The molecule has 0 aliphatic carbocycles. The van der Waals surface area contributed by atoms with E-state index < -0.39 is 0 Å². The number of ketones is 1. The number of aromatic nitrogens is 1. The molecule has 1 unspecified atom stereocenters. The minimum Gasteiger partial charge on any atom is -0.496 e. The molecule has 3 aromatic rings. The minimum absolute atomic E-state index is 0.135. The maximum atomic E-state index is 12.0. The molecule has 0 spiro atoms. The molecule has 158 valence electrons. The van der Waals surface area contributed by atoms with Crippen molar-refractivity contribution in [2.24, 2.45) is 5.92 Å². The predicted molar refractivity (Wildman–Crippen MR) is 123 cm³/mol. The van der Waals surface area contributed by atoms with Gasteiger partial charge in [0.25, 0.3) is 0 Å². The third-order valence-corrected chi connectivity index (χ3v) is 6.41. The van der Waals surface area contributed by atoms with Crippen LogP contribution in [0.4, 0.5) is 0 Å². The summed E-state index contributed by atoms with van der Waals surface area (Å²) in [7, 11) is 1.76. The first kappa shape index (κ1) is 20.7. The Morgan fingerprint density at radius 1 is 1.07 bits per heavy atom. The van der Waals surface area contributed by atoms with Crippen LogP contribution in [0.15, 0.2) is 54.7 Å². The van der Waals surface area contributed by atoms with Crippen molar-refractivity contribution in [3.8, 4) is 5.75 Å². The van der Waals surface area contributed by atoms with E-state index in [9.17, 15) is 4.79 Å². The smallest absolute Gasteiger partial charge is 0.161 e. The first-order valence-electron chi connectivity index (χ1n) is 11.0. The number of ether oxygens (including phenoxy) is 1. The molecule has 1 aliphatic heterocycles. The Morgan fingerprint density at radius 2 is 1.77 bits per heavy atom. The number of carbonyl (C=O) groups is 1. The zero-order valence-electron chi connectivity index (χ0n) is 18.3. The predicted octanol–water partition coefficient (Wildman–Crippen LogP) is 5.37. The quantitative estimate of drug-likeness (QED) is 0.497. The van der Waals surface area contributed by atoms with E-state index in [2.05, 4.69) is 52.8 Å². The van der Waals surface area contributed by atoms with Crippen molar-refractivity contribution in [3.63, 3.8) is 0 Å². The third kappa shape index (κ3) is 4.29. The molecule has 0 radical (unpaired) electrons. The van der Waals surface area contributed by atoms with Gasteiger partial charge in [0.05, 0.1) is 7.11 Å². The van der Waals surface area contributed by atoms with Gasteiger partial charge in [0.2, 0.25) is 0 Å². The summed E-state index contributed by atoms with van der Waals surface area (Å²) in [4.78, 5) is 14.6. The number of hydrogen-bond acceptors (Lipinski definition) is 3. The van der Waals surface area contributed by atoms with Gasteiger partial charge in [-0.1, -0.05) is 43.3 Å². The Kier molecular flexibility index (Phi) is 6.24. The van der Waals surface area contributed by atoms with Crippen molar-refractivity contribution in [1.29, 1.82) is 0 Å². The molecule has 0 saturated carbocycles. The summed E-state index contributed by atoms with van der Waals surface area (Å²) in [6, 6.07) is 16.7. The molecule has 2 aromatic carbocycles. The van der Waals surface area contributed by atoms with Gasteiger partial charge in [0.15, 0.2) is 5.78 Å². The number of fused-ring (bicyclic) bond motifs is 1. The zero-order chi connectivity index (χ0) is 21.1. The molecular formula is C26H32N2O2. The molecular weight excluding hydrogens is 372 g/mol. The van der Waals surface area contributed by atoms with Gasteiger partial charge in [-0.05, 0) is 62.4 Å². The summed E-state index contributed by atoms with van der Waals surface area (Å²) >= 11 is 0. The molecule has 4 rings (SSSR count). The lowest BCUT2D eigenvalue weighted by Crippen LogP contribution is -2.36. The molecule has 1 fully saturated rings. The highest BCUT2D eigenvalue weighted by Gasteiger charge is 2.24. The van der Waals surface area contributed by atoms with Gasteiger partial charge < -0.3 is 14.2 Å². The van der Waals surface area contributed by atoms with Gasteiger partial charge in [-0.15, -0.1) is 0 Å². The van der Waals surface area contributed by atoms with Gasteiger partial charge in [0.1, 0.15) is 5.75 Å². The van der Waals surface area contributed by atoms with E-state index in [1.54, 1.807) is 14.0 Å². The summed E-state index contributed by atoms with van der Waals surface area (Å²) in [5.74, 6) is 2.25. The first-order chi connectivity index (χ1) is 14.6. The molecule has 1 saturated heterocycles. The monoisotopic (exact) mass is 404 g/mol. The van der Waals surface area contributed by atoms with Crippen LogP contribution in [0.5, 0.6) is 5.75 Å². The fraction of sp³-hybridized carbons (Fsp3) is 0.423. The van der Waals surface area contributed by atoms with Crippen LogP contribution in [0.25, 0.3) is 10.9 Å². The second kappa shape index (κ2) is 9.05. The summed E-state index contributed by atoms with van der Waals surface area (Å²) in [5.41, 5.74) is 3.34. The second-order valence-electron chi connectivity index (χ2n) is 8.69. The number of likely N-dealkylation sites (tertiary alicyclic amines) is 1. The van der Waals surface area contributed by atoms with Crippen LogP contribution < -0.4 is 4.74 Å². The van der Waals surface area contributed by atoms with E-state index in [0.29, 0.717) is 11.8 Å². The Bertz CT molecular complexity index is 1010. The summed E-state index contributed by atoms with van der Waals surface area (Å²) in [6.45, 7) is 8.23. The van der Waals surface area contributed by atoms with Crippen LogP contribution in [-0.4, -0.2) is 42.0 Å². The van der Waals surface area contributed by atoms with E-state index >= 15 is 0 Å². The SMILES string of the molecule is COc1ccccc1C1CCN(CC(C)Cn2cc(C(C)=O)c3ccccc32)CC1. The van der Waals surface area contributed by atoms with Crippen LogP contribution in [-0.2, 0) is 6.54 Å². The van der Waals surface area contributed by atoms with Crippen LogP contribution in [0, 0.1) is 5.92 Å². The van der Waals surface area contributed by atoms with Crippen molar-refractivity contribution in [1.82, 2.24) is 9.47 Å². The van der Waals surface area contributed by atoms with E-state index in [4.69, 9.17) is 4.74 Å². The van der Waals surface area contributed by atoms with Gasteiger partial charge in [0, 0.05) is 35.8 Å². The fourth-order valence-corrected chi connectivity index (χ4v) is 4.94. The number of carbonyl (C=O) groups excluding carboxylic acids is 1. The molecule has 0 N–H and O–H groups in total. The molecule has 1 aliphatic rings. The summed E-state index contributed by atoms with van der Waals surface area (Å²) in [5, 5.41) is 1.06. The number of Topliss-reactive ketones (excluding diaryl/α,β-unsaturated/α-hetero) is 1. The Morgan fingerprint density at radius 3 is 2.50 bits per heavy atom. The average Bonchev–Trinajstić information content (AvgIpc) is 3.13. The highest BCUT2D eigenvalue weighted by molar-refractivity contribution is 6.06. The summed E-state index contributed by atoms with van der Waals surface area (Å²) in [6.07, 6.45) is 4.39. The molecule has 4 nitrogen and oxygen atoms in total. The molecule has 30 heavy (non-hydrogen) atoms. The van der Waals surface area contributed by atoms with Crippen molar-refractivity contribution < 1.29 is 9.53 Å². The number of methoxy groups -OCH3 is 1. The van der Waals surface area contributed by atoms with Gasteiger partial charge in [-0.2, -0.15) is 0 Å².